The lowest BCUT2D eigenvalue weighted by Crippen LogP contribution is -2.39. The molecule has 28 heavy (non-hydrogen) atoms. The Hall–Kier alpha value is -3.08. The highest BCUT2D eigenvalue weighted by atomic mass is 16.5. The predicted octanol–water partition coefficient (Wildman–Crippen LogP) is 3.83. The van der Waals surface area contributed by atoms with Gasteiger partial charge in [-0.2, -0.15) is 0 Å². The van der Waals surface area contributed by atoms with E-state index in [2.05, 4.69) is 11.4 Å². The van der Waals surface area contributed by atoms with Gasteiger partial charge in [0.1, 0.15) is 5.75 Å². The molecule has 3 rings (SSSR count). The summed E-state index contributed by atoms with van der Waals surface area (Å²) in [4.78, 5) is 24.5. The summed E-state index contributed by atoms with van der Waals surface area (Å²) in [6.45, 7) is 1.58. The first kappa shape index (κ1) is 19.7. The molecule has 0 saturated heterocycles. The van der Waals surface area contributed by atoms with E-state index in [4.69, 9.17) is 9.47 Å². The van der Waals surface area contributed by atoms with Crippen LogP contribution in [0.3, 0.4) is 0 Å². The lowest BCUT2D eigenvalue weighted by Gasteiger charge is -2.27. The average Bonchev–Trinajstić information content (AvgIpc) is 2.72. The van der Waals surface area contributed by atoms with E-state index < -0.39 is 12.1 Å². The molecule has 146 valence electrons. The van der Waals surface area contributed by atoms with Gasteiger partial charge in [0.2, 0.25) is 0 Å². The van der Waals surface area contributed by atoms with Crippen LogP contribution < -0.4 is 10.1 Å². The van der Waals surface area contributed by atoms with Gasteiger partial charge >= 0.3 is 5.97 Å². The first-order valence-electron chi connectivity index (χ1n) is 9.48. The molecule has 0 spiro atoms. The van der Waals surface area contributed by atoms with Crippen molar-refractivity contribution in [2.24, 2.45) is 0 Å². The topological polar surface area (TPSA) is 64.6 Å². The minimum Gasteiger partial charge on any atom is -0.497 e. The van der Waals surface area contributed by atoms with E-state index in [1.165, 1.54) is 11.6 Å². The summed E-state index contributed by atoms with van der Waals surface area (Å²) in [6, 6.07) is 15.4. The molecular weight excluding hydrogens is 354 g/mol. The fourth-order valence-corrected chi connectivity index (χ4v) is 3.37. The number of hydrogen-bond acceptors (Lipinski definition) is 4. The van der Waals surface area contributed by atoms with Gasteiger partial charge in [0.15, 0.2) is 6.10 Å². The fourth-order valence-electron chi connectivity index (χ4n) is 3.37. The van der Waals surface area contributed by atoms with Crippen molar-refractivity contribution in [2.75, 3.05) is 7.11 Å². The molecule has 1 aliphatic rings. The third kappa shape index (κ3) is 5.00. The third-order valence-corrected chi connectivity index (χ3v) is 4.85. The Morgan fingerprint density at radius 1 is 1.18 bits per heavy atom. The number of methoxy groups -OCH3 is 1. The van der Waals surface area contributed by atoms with Crippen molar-refractivity contribution in [3.8, 4) is 5.75 Å². The van der Waals surface area contributed by atoms with Gasteiger partial charge in [-0.25, -0.2) is 4.79 Å². The lowest BCUT2D eigenvalue weighted by atomic mass is 9.87. The van der Waals surface area contributed by atoms with E-state index >= 15 is 0 Å². The molecule has 2 aromatic rings. The maximum atomic E-state index is 12.5. The van der Waals surface area contributed by atoms with Gasteiger partial charge in [0.25, 0.3) is 5.91 Å². The second kappa shape index (κ2) is 9.22. The Balaban J connectivity index is 1.55. The number of fused-ring (bicyclic) bond motifs is 1. The Bertz CT molecular complexity index is 874. The van der Waals surface area contributed by atoms with Crippen LogP contribution in [0.5, 0.6) is 5.75 Å². The van der Waals surface area contributed by atoms with Crippen LogP contribution in [0.1, 0.15) is 42.5 Å². The number of carbonyl (C=O) groups excluding carboxylic acids is 2. The number of ether oxygens (including phenoxy) is 2. The van der Waals surface area contributed by atoms with Gasteiger partial charge in [0.05, 0.1) is 13.2 Å². The summed E-state index contributed by atoms with van der Waals surface area (Å²) in [5.41, 5.74) is 3.23. The molecule has 2 atom stereocenters. The van der Waals surface area contributed by atoms with Gasteiger partial charge < -0.3 is 14.8 Å². The Labute approximate surface area is 165 Å². The summed E-state index contributed by atoms with van der Waals surface area (Å²) in [7, 11) is 1.59. The van der Waals surface area contributed by atoms with Crippen molar-refractivity contribution < 1.29 is 19.1 Å². The molecule has 0 unspecified atom stereocenters. The fraction of sp³-hybridized carbons (Fsp3) is 0.304. The molecule has 0 aliphatic heterocycles. The molecule has 0 aromatic heterocycles. The molecule has 0 heterocycles. The van der Waals surface area contributed by atoms with Crippen molar-refractivity contribution >= 4 is 18.0 Å². The smallest absolute Gasteiger partial charge is 0.331 e. The number of hydrogen-bond donors (Lipinski definition) is 1. The number of benzene rings is 2. The van der Waals surface area contributed by atoms with Gasteiger partial charge in [-0.15, -0.1) is 0 Å². The number of esters is 1. The van der Waals surface area contributed by atoms with Gasteiger partial charge in [0, 0.05) is 6.08 Å². The van der Waals surface area contributed by atoms with Crippen LogP contribution in [0, 0.1) is 0 Å². The molecule has 2 aromatic carbocycles. The van der Waals surface area contributed by atoms with Crippen LogP contribution in [0.4, 0.5) is 0 Å². The molecule has 5 heteroatoms. The number of carbonyl (C=O) groups is 2. The van der Waals surface area contributed by atoms with E-state index in [0.717, 1.165) is 30.4 Å². The van der Waals surface area contributed by atoms with E-state index in [1.807, 2.05) is 36.4 Å². The first-order valence-corrected chi connectivity index (χ1v) is 9.48. The van der Waals surface area contributed by atoms with Crippen molar-refractivity contribution in [1.82, 2.24) is 5.32 Å². The molecule has 0 saturated carbocycles. The van der Waals surface area contributed by atoms with E-state index in [0.29, 0.717) is 5.75 Å². The standard InChI is InChI=1S/C23H25NO4/c1-16(28-22(25)14-13-17-7-5-10-19(15-17)27-2)23(26)24-21-12-6-9-18-8-3-4-11-20(18)21/h3-5,7-8,10-11,13-16,21H,6,9,12H2,1-2H3,(H,24,26)/b14-13+/t16-,21+/m1/s1. The quantitative estimate of drug-likeness (QED) is 0.612. The normalized spacial score (nSPS) is 16.9. The second-order valence-corrected chi connectivity index (χ2v) is 6.84. The van der Waals surface area contributed by atoms with Crippen LogP contribution in [0.25, 0.3) is 6.08 Å². The highest BCUT2D eigenvalue weighted by molar-refractivity contribution is 5.90. The highest BCUT2D eigenvalue weighted by Crippen LogP contribution is 2.29. The number of aryl methyl sites for hydroxylation is 1. The van der Waals surface area contributed by atoms with Crippen LogP contribution in [0.15, 0.2) is 54.6 Å². The zero-order chi connectivity index (χ0) is 19.9. The van der Waals surface area contributed by atoms with Gasteiger partial charge in [-0.3, -0.25) is 4.79 Å². The predicted molar refractivity (Wildman–Crippen MR) is 108 cm³/mol. The highest BCUT2D eigenvalue weighted by Gasteiger charge is 2.24. The lowest BCUT2D eigenvalue weighted by molar-refractivity contribution is -0.150. The van der Waals surface area contributed by atoms with Crippen molar-refractivity contribution in [3.05, 3.63) is 71.3 Å². The molecule has 0 fully saturated rings. The minimum absolute atomic E-state index is 0.0362. The summed E-state index contributed by atoms with van der Waals surface area (Å²) >= 11 is 0. The van der Waals surface area contributed by atoms with Crippen molar-refractivity contribution in [2.45, 2.75) is 38.3 Å². The summed E-state index contributed by atoms with van der Waals surface area (Å²) < 4.78 is 10.4. The molecule has 1 aliphatic carbocycles. The van der Waals surface area contributed by atoms with Crippen LogP contribution >= 0.6 is 0 Å². The molecule has 0 bridgehead atoms. The van der Waals surface area contributed by atoms with Crippen molar-refractivity contribution in [3.63, 3.8) is 0 Å². The van der Waals surface area contributed by atoms with Crippen molar-refractivity contribution in [1.29, 1.82) is 0 Å². The molecule has 5 nitrogen and oxygen atoms in total. The number of rotatable bonds is 6. The summed E-state index contributed by atoms with van der Waals surface area (Å²) in [5, 5.41) is 3.01. The maximum Gasteiger partial charge on any atom is 0.331 e. The maximum absolute atomic E-state index is 12.5. The zero-order valence-corrected chi connectivity index (χ0v) is 16.2. The molecular formula is C23H25NO4. The summed E-state index contributed by atoms with van der Waals surface area (Å²) in [6.07, 6.45) is 5.03. The van der Waals surface area contributed by atoms with Gasteiger partial charge in [-0.1, -0.05) is 36.4 Å². The Morgan fingerprint density at radius 2 is 2.00 bits per heavy atom. The van der Waals surface area contributed by atoms with E-state index in [1.54, 1.807) is 26.2 Å². The van der Waals surface area contributed by atoms with Crippen LogP contribution in [-0.2, 0) is 20.7 Å². The first-order chi connectivity index (χ1) is 13.6. The van der Waals surface area contributed by atoms with E-state index in [9.17, 15) is 9.59 Å². The monoisotopic (exact) mass is 379 g/mol. The zero-order valence-electron chi connectivity index (χ0n) is 16.2. The molecule has 1 amide bonds. The van der Waals surface area contributed by atoms with Crippen LogP contribution in [-0.4, -0.2) is 25.1 Å². The number of amides is 1. The molecule has 0 radical (unpaired) electrons. The second-order valence-electron chi connectivity index (χ2n) is 6.84. The Kier molecular flexibility index (Phi) is 6.48. The SMILES string of the molecule is COc1cccc(/C=C/C(=O)O[C@H](C)C(=O)N[C@H]2CCCc3ccccc32)c1. The van der Waals surface area contributed by atoms with Crippen LogP contribution in [0.2, 0.25) is 0 Å². The largest absolute Gasteiger partial charge is 0.497 e. The van der Waals surface area contributed by atoms with E-state index in [-0.39, 0.29) is 11.9 Å². The van der Waals surface area contributed by atoms with Gasteiger partial charge in [-0.05, 0) is 61.1 Å². The Morgan fingerprint density at radius 3 is 2.82 bits per heavy atom. The number of nitrogens with one attached hydrogen (secondary N) is 1. The third-order valence-electron chi connectivity index (χ3n) is 4.85. The molecule has 1 N–H and O–H groups in total. The average molecular weight is 379 g/mol. The summed E-state index contributed by atoms with van der Waals surface area (Å²) in [5.74, 6) is -0.143. The minimum atomic E-state index is -0.864.